The van der Waals surface area contributed by atoms with Crippen molar-refractivity contribution in [2.24, 2.45) is 7.05 Å². The van der Waals surface area contributed by atoms with Gasteiger partial charge in [-0.15, -0.1) is 22.7 Å². The highest BCUT2D eigenvalue weighted by molar-refractivity contribution is 7.98. The van der Waals surface area contributed by atoms with E-state index >= 15 is 0 Å². The summed E-state index contributed by atoms with van der Waals surface area (Å²) < 4.78 is 1.72. The SMILES string of the molecule is Cc1ccc(-c2csc3nc(CSc4ncnc5c4cnn5C)[nH]c(=O)c23)s1. The number of nitrogens with zero attached hydrogens (tertiary/aromatic N) is 5. The Morgan fingerprint density at radius 1 is 1.29 bits per heavy atom. The normalized spacial score (nSPS) is 11.6. The van der Waals surface area contributed by atoms with Gasteiger partial charge in [0.1, 0.15) is 22.0 Å². The molecule has 0 unspecified atom stereocenters. The number of hydrogen-bond acceptors (Lipinski definition) is 8. The van der Waals surface area contributed by atoms with Crippen LogP contribution in [0.1, 0.15) is 10.7 Å². The molecular weight excluding hydrogens is 412 g/mol. The minimum Gasteiger partial charge on any atom is -0.309 e. The van der Waals surface area contributed by atoms with E-state index in [4.69, 9.17) is 0 Å². The number of thiophene rings is 2. The third-order valence-corrected chi connectivity index (χ3v) is 7.26. The quantitative estimate of drug-likeness (QED) is 0.345. The van der Waals surface area contributed by atoms with Crippen LogP contribution < -0.4 is 5.56 Å². The smallest absolute Gasteiger partial charge is 0.260 e. The molecule has 140 valence electrons. The maximum Gasteiger partial charge on any atom is 0.260 e. The van der Waals surface area contributed by atoms with Gasteiger partial charge in [0, 0.05) is 27.7 Å². The highest BCUT2D eigenvalue weighted by atomic mass is 32.2. The Morgan fingerprint density at radius 2 is 2.18 bits per heavy atom. The van der Waals surface area contributed by atoms with Crippen LogP contribution in [-0.2, 0) is 12.8 Å². The van der Waals surface area contributed by atoms with E-state index in [9.17, 15) is 4.79 Å². The largest absolute Gasteiger partial charge is 0.309 e. The highest BCUT2D eigenvalue weighted by Gasteiger charge is 2.15. The molecule has 0 atom stereocenters. The first kappa shape index (κ1) is 17.5. The molecule has 0 aliphatic heterocycles. The standard InChI is InChI=1S/C18H14N6OS3/c1-9-3-4-12(28-9)11-6-26-18-14(11)16(25)22-13(23-18)7-27-17-10-5-21-24(2)15(10)19-8-20-17/h3-6,8H,7H2,1-2H3,(H,22,23,25). The monoisotopic (exact) mass is 426 g/mol. The molecule has 5 aromatic heterocycles. The molecule has 5 aromatic rings. The summed E-state index contributed by atoms with van der Waals surface area (Å²) in [6.07, 6.45) is 3.28. The number of aromatic amines is 1. The third kappa shape index (κ3) is 2.93. The fourth-order valence-electron chi connectivity index (χ4n) is 3.01. The summed E-state index contributed by atoms with van der Waals surface area (Å²) in [6, 6.07) is 4.12. The van der Waals surface area contributed by atoms with Crippen LogP contribution in [0.15, 0.2) is 39.9 Å². The van der Waals surface area contributed by atoms with Gasteiger partial charge >= 0.3 is 0 Å². The van der Waals surface area contributed by atoms with Crippen LogP contribution in [-0.4, -0.2) is 29.7 Å². The molecular formula is C18H14N6OS3. The lowest BCUT2D eigenvalue weighted by Crippen LogP contribution is -2.10. The second kappa shape index (κ2) is 6.80. The third-order valence-electron chi connectivity index (χ3n) is 4.34. The Hall–Kier alpha value is -2.56. The molecule has 10 heteroatoms. The molecule has 0 radical (unpaired) electrons. The van der Waals surface area contributed by atoms with Crippen molar-refractivity contribution in [1.29, 1.82) is 0 Å². The van der Waals surface area contributed by atoms with Crippen molar-refractivity contribution < 1.29 is 0 Å². The van der Waals surface area contributed by atoms with E-state index in [0.29, 0.717) is 17.0 Å². The minimum atomic E-state index is -0.0999. The lowest BCUT2D eigenvalue weighted by atomic mass is 10.2. The number of rotatable bonds is 4. The summed E-state index contributed by atoms with van der Waals surface area (Å²) in [4.78, 5) is 32.0. The second-order valence-corrected chi connectivity index (χ2v) is 9.34. The first-order valence-corrected chi connectivity index (χ1v) is 11.1. The first-order chi connectivity index (χ1) is 13.6. The van der Waals surface area contributed by atoms with Crippen LogP contribution in [0.2, 0.25) is 0 Å². The van der Waals surface area contributed by atoms with Gasteiger partial charge < -0.3 is 4.98 Å². The maximum atomic E-state index is 12.8. The van der Waals surface area contributed by atoms with Crippen LogP contribution in [0.4, 0.5) is 0 Å². The molecule has 0 aromatic carbocycles. The van der Waals surface area contributed by atoms with Crippen molar-refractivity contribution in [3.8, 4) is 10.4 Å². The molecule has 0 spiro atoms. The molecule has 1 N–H and O–H groups in total. The van der Waals surface area contributed by atoms with E-state index in [1.165, 1.54) is 34.3 Å². The summed E-state index contributed by atoms with van der Waals surface area (Å²) in [6.45, 7) is 2.06. The summed E-state index contributed by atoms with van der Waals surface area (Å²) in [7, 11) is 1.85. The van der Waals surface area contributed by atoms with Crippen molar-refractivity contribution in [3.63, 3.8) is 0 Å². The lowest BCUT2D eigenvalue weighted by Gasteiger charge is -2.03. The van der Waals surface area contributed by atoms with Gasteiger partial charge in [-0.2, -0.15) is 5.10 Å². The molecule has 0 aliphatic carbocycles. The van der Waals surface area contributed by atoms with E-state index in [0.717, 1.165) is 31.3 Å². The second-order valence-electron chi connectivity index (χ2n) is 6.23. The van der Waals surface area contributed by atoms with E-state index in [-0.39, 0.29) is 5.56 Å². The van der Waals surface area contributed by atoms with Gasteiger partial charge in [-0.25, -0.2) is 15.0 Å². The van der Waals surface area contributed by atoms with Gasteiger partial charge in [0.2, 0.25) is 0 Å². The molecule has 0 amide bonds. The van der Waals surface area contributed by atoms with Crippen molar-refractivity contribution >= 4 is 55.7 Å². The number of aromatic nitrogens is 6. The van der Waals surface area contributed by atoms with Gasteiger partial charge in [-0.05, 0) is 19.1 Å². The average Bonchev–Trinajstić information content (AvgIpc) is 3.39. The van der Waals surface area contributed by atoms with Crippen LogP contribution in [0.3, 0.4) is 0 Å². The Balaban J connectivity index is 1.48. The van der Waals surface area contributed by atoms with Gasteiger partial charge in [0.25, 0.3) is 5.56 Å². The van der Waals surface area contributed by atoms with E-state index < -0.39 is 0 Å². The number of fused-ring (bicyclic) bond motifs is 2. The Kier molecular flexibility index (Phi) is 4.26. The van der Waals surface area contributed by atoms with Crippen LogP contribution in [0, 0.1) is 6.92 Å². The summed E-state index contributed by atoms with van der Waals surface area (Å²) >= 11 is 4.69. The first-order valence-electron chi connectivity index (χ1n) is 8.43. The predicted molar refractivity (Wildman–Crippen MR) is 114 cm³/mol. The van der Waals surface area contributed by atoms with E-state index in [1.807, 2.05) is 12.4 Å². The molecule has 0 saturated heterocycles. The van der Waals surface area contributed by atoms with E-state index in [2.05, 4.69) is 44.1 Å². The molecule has 0 bridgehead atoms. The van der Waals surface area contributed by atoms with Gasteiger partial charge in [-0.1, -0.05) is 11.8 Å². The zero-order valence-electron chi connectivity index (χ0n) is 15.0. The highest BCUT2D eigenvalue weighted by Crippen LogP contribution is 2.35. The maximum absolute atomic E-state index is 12.8. The topological polar surface area (TPSA) is 89.3 Å². The van der Waals surface area contributed by atoms with Gasteiger partial charge in [-0.3, -0.25) is 9.48 Å². The number of H-pyrrole nitrogens is 1. The molecule has 5 heterocycles. The van der Waals surface area contributed by atoms with Crippen LogP contribution in [0.5, 0.6) is 0 Å². The Bertz CT molecular complexity index is 1380. The minimum absolute atomic E-state index is 0.0999. The van der Waals surface area contributed by atoms with Crippen LogP contribution >= 0.6 is 34.4 Å². The fraction of sp³-hybridized carbons (Fsp3) is 0.167. The molecule has 0 aliphatic rings. The van der Waals surface area contributed by atoms with Crippen LogP contribution in [0.25, 0.3) is 31.7 Å². The fourth-order valence-corrected chi connectivity index (χ4v) is 5.77. The van der Waals surface area contributed by atoms with E-state index in [1.54, 1.807) is 22.2 Å². The average molecular weight is 427 g/mol. The summed E-state index contributed by atoms with van der Waals surface area (Å²) in [5, 5.41) is 8.62. The lowest BCUT2D eigenvalue weighted by molar-refractivity contribution is 0.784. The summed E-state index contributed by atoms with van der Waals surface area (Å²) in [5.41, 5.74) is 1.64. The number of nitrogens with one attached hydrogen (secondary N) is 1. The molecule has 0 fully saturated rings. The molecule has 0 saturated carbocycles. The number of aryl methyl sites for hydroxylation is 2. The zero-order chi connectivity index (χ0) is 19.3. The predicted octanol–water partition coefficient (Wildman–Crippen LogP) is 3.99. The summed E-state index contributed by atoms with van der Waals surface area (Å²) in [5.74, 6) is 1.14. The number of hydrogen-bond donors (Lipinski definition) is 1. The van der Waals surface area contributed by atoms with Crippen molar-refractivity contribution in [2.45, 2.75) is 17.7 Å². The van der Waals surface area contributed by atoms with Crippen molar-refractivity contribution in [1.82, 2.24) is 29.7 Å². The molecule has 7 nitrogen and oxygen atoms in total. The van der Waals surface area contributed by atoms with Gasteiger partial charge in [0.15, 0.2) is 5.65 Å². The zero-order valence-corrected chi connectivity index (χ0v) is 17.4. The van der Waals surface area contributed by atoms with Crippen molar-refractivity contribution in [3.05, 3.63) is 51.1 Å². The number of thioether (sulfide) groups is 1. The molecule has 28 heavy (non-hydrogen) atoms. The Morgan fingerprint density at radius 3 is 3.00 bits per heavy atom. The van der Waals surface area contributed by atoms with Crippen molar-refractivity contribution in [2.75, 3.05) is 0 Å². The van der Waals surface area contributed by atoms with Gasteiger partial charge in [0.05, 0.1) is 22.7 Å². The molecule has 5 rings (SSSR count). The Labute approximate surface area is 171 Å².